The number of anilines is 1. The Labute approximate surface area is 123 Å². The maximum atomic E-state index is 6.24. The van der Waals surface area contributed by atoms with E-state index in [1.807, 2.05) is 23.5 Å². The molecule has 3 rings (SSSR count). The Morgan fingerprint density at radius 2 is 2.10 bits per heavy atom. The highest BCUT2D eigenvalue weighted by Gasteiger charge is 2.30. The lowest BCUT2D eigenvalue weighted by Gasteiger charge is -2.32. The highest BCUT2D eigenvalue weighted by atomic mass is 32.2. The van der Waals surface area contributed by atoms with Crippen molar-refractivity contribution in [1.29, 1.82) is 0 Å². The molecule has 1 fully saturated rings. The normalized spacial score (nSPS) is 23.6. The lowest BCUT2D eigenvalue weighted by Crippen LogP contribution is -2.27. The van der Waals surface area contributed by atoms with Gasteiger partial charge in [-0.25, -0.2) is 4.98 Å². The summed E-state index contributed by atoms with van der Waals surface area (Å²) in [6.07, 6.45) is 8.15. The lowest BCUT2D eigenvalue weighted by atomic mass is 9.94. The van der Waals surface area contributed by atoms with Gasteiger partial charge in [0.2, 0.25) is 5.95 Å². The van der Waals surface area contributed by atoms with Gasteiger partial charge in [0.25, 0.3) is 0 Å². The molecule has 2 heterocycles. The van der Waals surface area contributed by atoms with E-state index in [-0.39, 0.29) is 0 Å². The molecule has 0 aromatic carbocycles. The molecule has 6 heteroatoms. The average Bonchev–Trinajstić information content (AvgIpc) is 2.95. The van der Waals surface area contributed by atoms with Gasteiger partial charge in [-0.15, -0.1) is 0 Å². The summed E-state index contributed by atoms with van der Waals surface area (Å²) in [5, 5.41) is 5.21. The van der Waals surface area contributed by atoms with E-state index in [2.05, 4.69) is 27.8 Å². The number of thioether (sulfide) groups is 1. The monoisotopic (exact) mass is 293 g/mol. The smallest absolute Gasteiger partial charge is 0.202 e. The topological polar surface area (TPSA) is 61.7 Å². The number of nitrogens with zero attached hydrogens (tertiary/aromatic N) is 4. The summed E-state index contributed by atoms with van der Waals surface area (Å²) in [7, 11) is 2.00. The van der Waals surface area contributed by atoms with Gasteiger partial charge in [-0.05, 0) is 25.5 Å². The fraction of sp³-hybridized carbons (Fsp3) is 0.714. The summed E-state index contributed by atoms with van der Waals surface area (Å²) in [5.41, 5.74) is 9.36. The number of fused-ring (bicyclic) bond motifs is 1. The van der Waals surface area contributed by atoms with E-state index in [1.165, 1.54) is 25.7 Å². The maximum absolute atomic E-state index is 6.24. The van der Waals surface area contributed by atoms with Gasteiger partial charge in [-0.1, -0.05) is 19.8 Å². The molecule has 2 N–H and O–H groups in total. The Bertz CT molecular complexity index is 615. The quantitative estimate of drug-likeness (QED) is 0.945. The highest BCUT2D eigenvalue weighted by Crippen LogP contribution is 2.39. The molecule has 1 aliphatic carbocycles. The van der Waals surface area contributed by atoms with E-state index in [4.69, 9.17) is 5.73 Å². The second-order valence-electron chi connectivity index (χ2n) is 5.56. The largest absolute Gasteiger partial charge is 0.369 e. The average molecular weight is 293 g/mol. The minimum absolute atomic E-state index is 0.448. The van der Waals surface area contributed by atoms with Gasteiger partial charge in [-0.2, -0.15) is 16.9 Å². The molecule has 1 saturated carbocycles. The van der Waals surface area contributed by atoms with Crippen LogP contribution in [0.4, 0.5) is 5.95 Å². The fourth-order valence-corrected chi connectivity index (χ4v) is 4.41. The summed E-state index contributed by atoms with van der Waals surface area (Å²) in [6, 6.07) is 0.448. The minimum Gasteiger partial charge on any atom is -0.369 e. The van der Waals surface area contributed by atoms with Gasteiger partial charge >= 0.3 is 0 Å². The molecule has 5 nitrogen and oxygen atoms in total. The fourth-order valence-electron chi connectivity index (χ4n) is 3.43. The Kier molecular flexibility index (Phi) is 3.67. The minimum atomic E-state index is 0.448. The number of rotatable bonds is 3. The zero-order chi connectivity index (χ0) is 14.3. The number of hydrogen-bond donors (Lipinski definition) is 1. The molecule has 1 aliphatic rings. The first-order valence-corrected chi connectivity index (χ1v) is 8.68. The first-order valence-electron chi connectivity index (χ1n) is 7.39. The van der Waals surface area contributed by atoms with Crippen molar-refractivity contribution in [3.8, 4) is 0 Å². The lowest BCUT2D eigenvalue weighted by molar-refractivity contribution is 0.371. The van der Waals surface area contributed by atoms with E-state index < -0.39 is 0 Å². The van der Waals surface area contributed by atoms with Crippen LogP contribution in [0.25, 0.3) is 11.2 Å². The second kappa shape index (κ2) is 5.31. The molecule has 110 valence electrons. The zero-order valence-electron chi connectivity index (χ0n) is 12.5. The van der Waals surface area contributed by atoms with Crippen LogP contribution >= 0.6 is 11.8 Å². The molecule has 2 atom stereocenters. The van der Waals surface area contributed by atoms with Crippen LogP contribution in [0.3, 0.4) is 0 Å². The zero-order valence-corrected chi connectivity index (χ0v) is 13.3. The SMILES string of the molecule is CCc1nn(C)c2c1nc(N)n2C1CCCCC1SC. The molecule has 0 amide bonds. The van der Waals surface area contributed by atoms with Crippen molar-refractivity contribution in [2.45, 2.75) is 50.3 Å². The van der Waals surface area contributed by atoms with Crippen molar-refractivity contribution >= 4 is 28.9 Å². The third kappa shape index (κ3) is 2.01. The first-order chi connectivity index (χ1) is 9.67. The number of aromatic nitrogens is 4. The van der Waals surface area contributed by atoms with Crippen molar-refractivity contribution in [1.82, 2.24) is 19.3 Å². The predicted molar refractivity (Wildman–Crippen MR) is 85.1 cm³/mol. The summed E-state index contributed by atoms with van der Waals surface area (Å²) in [5.74, 6) is 0.647. The number of nitrogens with two attached hydrogens (primary N) is 1. The molecular formula is C14H23N5S. The summed E-state index contributed by atoms with van der Waals surface area (Å²) < 4.78 is 4.19. The van der Waals surface area contributed by atoms with E-state index in [9.17, 15) is 0 Å². The molecule has 0 spiro atoms. The summed E-state index contributed by atoms with van der Waals surface area (Å²) >= 11 is 1.95. The van der Waals surface area contributed by atoms with Crippen LogP contribution in [0.15, 0.2) is 0 Å². The molecule has 2 aromatic rings. The van der Waals surface area contributed by atoms with Crippen molar-refractivity contribution in [3.05, 3.63) is 5.69 Å². The van der Waals surface area contributed by atoms with Crippen LogP contribution in [0.2, 0.25) is 0 Å². The summed E-state index contributed by atoms with van der Waals surface area (Å²) in [6.45, 7) is 2.11. The second-order valence-corrected chi connectivity index (χ2v) is 6.64. The Morgan fingerprint density at radius 1 is 1.35 bits per heavy atom. The molecule has 0 saturated heterocycles. The molecule has 2 aromatic heterocycles. The molecular weight excluding hydrogens is 270 g/mol. The van der Waals surface area contributed by atoms with Gasteiger partial charge in [0.15, 0.2) is 5.65 Å². The van der Waals surface area contributed by atoms with Crippen LogP contribution in [-0.4, -0.2) is 30.8 Å². The molecule has 0 bridgehead atoms. The van der Waals surface area contributed by atoms with Gasteiger partial charge in [0, 0.05) is 12.3 Å². The van der Waals surface area contributed by atoms with Crippen LogP contribution in [0.5, 0.6) is 0 Å². The van der Waals surface area contributed by atoms with Gasteiger partial charge in [-0.3, -0.25) is 9.25 Å². The first kappa shape index (κ1) is 13.8. The Balaban J connectivity index is 2.14. The number of imidazole rings is 1. The molecule has 20 heavy (non-hydrogen) atoms. The van der Waals surface area contributed by atoms with Crippen molar-refractivity contribution in [3.63, 3.8) is 0 Å². The highest BCUT2D eigenvalue weighted by molar-refractivity contribution is 7.99. The Hall–Kier alpha value is -1.17. The van der Waals surface area contributed by atoms with Gasteiger partial charge in [0.05, 0.1) is 11.7 Å². The van der Waals surface area contributed by atoms with E-state index in [1.54, 1.807) is 0 Å². The van der Waals surface area contributed by atoms with Crippen molar-refractivity contribution in [2.75, 3.05) is 12.0 Å². The Morgan fingerprint density at radius 3 is 2.80 bits per heavy atom. The number of nitrogen functional groups attached to an aromatic ring is 1. The predicted octanol–water partition coefficient (Wildman–Crippen LogP) is 2.76. The van der Waals surface area contributed by atoms with Crippen LogP contribution in [0, 0.1) is 0 Å². The maximum Gasteiger partial charge on any atom is 0.202 e. The number of hydrogen-bond acceptors (Lipinski definition) is 4. The molecule has 2 unspecified atom stereocenters. The number of aryl methyl sites for hydroxylation is 2. The van der Waals surface area contributed by atoms with Gasteiger partial charge < -0.3 is 5.73 Å². The van der Waals surface area contributed by atoms with E-state index in [0.717, 1.165) is 23.3 Å². The third-order valence-electron chi connectivity index (χ3n) is 4.40. The van der Waals surface area contributed by atoms with Gasteiger partial charge in [0.1, 0.15) is 5.52 Å². The van der Waals surface area contributed by atoms with E-state index >= 15 is 0 Å². The summed E-state index contributed by atoms with van der Waals surface area (Å²) in [4.78, 5) is 4.60. The molecule has 0 radical (unpaired) electrons. The van der Waals surface area contributed by atoms with Crippen molar-refractivity contribution < 1.29 is 0 Å². The standard InChI is InChI=1S/C14H23N5S/c1-4-9-12-13(18(2)17-9)19(14(15)16-12)10-7-5-6-8-11(10)20-3/h10-11H,4-8H2,1-3H3,(H2,15,16). The van der Waals surface area contributed by atoms with Crippen LogP contribution in [0.1, 0.15) is 44.3 Å². The van der Waals surface area contributed by atoms with Crippen molar-refractivity contribution in [2.24, 2.45) is 7.05 Å². The molecule has 0 aliphatic heterocycles. The van der Waals surface area contributed by atoms with E-state index in [0.29, 0.717) is 17.2 Å². The van der Waals surface area contributed by atoms with Crippen LogP contribution in [-0.2, 0) is 13.5 Å². The van der Waals surface area contributed by atoms with Crippen LogP contribution < -0.4 is 5.73 Å². The third-order valence-corrected chi connectivity index (χ3v) is 5.56.